The van der Waals surface area contributed by atoms with Crippen molar-refractivity contribution in [2.24, 2.45) is 9.98 Å². The summed E-state index contributed by atoms with van der Waals surface area (Å²) >= 11 is 5.74. The molecule has 0 aliphatic carbocycles. The number of amides is 2. The highest BCUT2D eigenvalue weighted by molar-refractivity contribution is 6.30. The van der Waals surface area contributed by atoms with E-state index in [1.54, 1.807) is 11.0 Å². The summed E-state index contributed by atoms with van der Waals surface area (Å²) in [7, 11) is 0. The molecule has 1 fully saturated rings. The standard InChI is InChI=1S/C18H20ClFN6O/c1-12-10-26-11-21-16(9-17(26)22-12)24-4-6-25(7-5-24)18(27)23-15-3-2-13(19)8-14(15)20/h2-3,8-9,11-12H,4-7,10H2,1H3,(H,23,27)/t12-/m0/s1. The molecule has 0 radical (unpaired) electrons. The van der Waals surface area contributed by atoms with Crippen molar-refractivity contribution in [3.63, 3.8) is 0 Å². The van der Waals surface area contributed by atoms with Gasteiger partial charge in [0.2, 0.25) is 0 Å². The smallest absolute Gasteiger partial charge is 0.322 e. The first kappa shape index (κ1) is 17.8. The number of anilines is 1. The van der Waals surface area contributed by atoms with E-state index in [2.05, 4.69) is 27.1 Å². The van der Waals surface area contributed by atoms with Gasteiger partial charge in [-0.3, -0.25) is 4.99 Å². The molecule has 0 saturated carbocycles. The number of carbonyl (C=O) groups is 1. The van der Waals surface area contributed by atoms with Crippen LogP contribution in [0.5, 0.6) is 0 Å². The quantitative estimate of drug-likeness (QED) is 0.844. The number of halogens is 2. The van der Waals surface area contributed by atoms with Gasteiger partial charge in [0.1, 0.15) is 17.5 Å². The Kier molecular flexibility index (Phi) is 4.73. The highest BCUT2D eigenvalue weighted by atomic mass is 35.5. The van der Waals surface area contributed by atoms with Gasteiger partial charge in [-0.05, 0) is 25.1 Å². The van der Waals surface area contributed by atoms with Crippen molar-refractivity contribution in [1.82, 2.24) is 14.7 Å². The molecule has 3 aliphatic rings. The van der Waals surface area contributed by atoms with Crippen LogP contribution in [0.3, 0.4) is 0 Å². The summed E-state index contributed by atoms with van der Waals surface area (Å²) in [6.45, 7) is 5.30. The maximum Gasteiger partial charge on any atom is 0.322 e. The molecular weight excluding hydrogens is 371 g/mol. The second-order valence-electron chi connectivity index (χ2n) is 6.76. The van der Waals surface area contributed by atoms with E-state index in [0.29, 0.717) is 31.2 Å². The van der Waals surface area contributed by atoms with Crippen molar-refractivity contribution < 1.29 is 9.18 Å². The first-order chi connectivity index (χ1) is 13.0. The van der Waals surface area contributed by atoms with Crippen LogP contribution in [0, 0.1) is 5.82 Å². The number of fused-ring (bicyclic) bond motifs is 1. The summed E-state index contributed by atoms with van der Waals surface area (Å²) in [6, 6.07) is 4.14. The second kappa shape index (κ2) is 7.19. The van der Waals surface area contributed by atoms with E-state index < -0.39 is 5.82 Å². The fraction of sp³-hybridized carbons (Fsp3) is 0.389. The highest BCUT2D eigenvalue weighted by Crippen LogP contribution is 2.21. The average Bonchev–Trinajstić information content (AvgIpc) is 3.03. The fourth-order valence-electron chi connectivity index (χ4n) is 3.32. The van der Waals surface area contributed by atoms with Crippen LogP contribution in [-0.4, -0.2) is 71.7 Å². The molecule has 0 spiro atoms. The van der Waals surface area contributed by atoms with Gasteiger partial charge < -0.3 is 20.0 Å². The third kappa shape index (κ3) is 3.75. The lowest BCUT2D eigenvalue weighted by Crippen LogP contribution is -2.50. The Labute approximate surface area is 161 Å². The third-order valence-corrected chi connectivity index (χ3v) is 4.99. The van der Waals surface area contributed by atoms with Gasteiger partial charge in [-0.1, -0.05) is 11.6 Å². The predicted molar refractivity (Wildman–Crippen MR) is 104 cm³/mol. The van der Waals surface area contributed by atoms with Gasteiger partial charge in [-0.25, -0.2) is 14.2 Å². The maximum absolute atomic E-state index is 13.9. The van der Waals surface area contributed by atoms with E-state index in [9.17, 15) is 9.18 Å². The molecule has 1 N–H and O–H groups in total. The van der Waals surface area contributed by atoms with Crippen molar-refractivity contribution in [2.45, 2.75) is 13.0 Å². The maximum atomic E-state index is 13.9. The number of nitrogens with one attached hydrogen (secondary N) is 1. The van der Waals surface area contributed by atoms with Gasteiger partial charge in [0.05, 0.1) is 18.1 Å². The van der Waals surface area contributed by atoms with E-state index in [4.69, 9.17) is 11.6 Å². The number of rotatable bonds is 2. The van der Waals surface area contributed by atoms with Crippen LogP contribution in [0.4, 0.5) is 14.9 Å². The van der Waals surface area contributed by atoms with Gasteiger partial charge in [-0.15, -0.1) is 0 Å². The van der Waals surface area contributed by atoms with Gasteiger partial charge in [0.25, 0.3) is 0 Å². The number of amidine groups is 1. The molecule has 1 aromatic rings. The van der Waals surface area contributed by atoms with Crippen LogP contribution < -0.4 is 5.32 Å². The first-order valence-electron chi connectivity index (χ1n) is 8.86. The molecule has 1 aromatic carbocycles. The van der Waals surface area contributed by atoms with Gasteiger partial charge >= 0.3 is 6.03 Å². The lowest BCUT2D eigenvalue weighted by molar-refractivity contribution is 0.166. The van der Waals surface area contributed by atoms with Crippen molar-refractivity contribution >= 4 is 35.5 Å². The largest absolute Gasteiger partial charge is 0.353 e. The Morgan fingerprint density at radius 3 is 2.81 bits per heavy atom. The number of piperazine rings is 1. The Morgan fingerprint density at radius 1 is 1.30 bits per heavy atom. The van der Waals surface area contributed by atoms with E-state index in [0.717, 1.165) is 18.2 Å². The summed E-state index contributed by atoms with van der Waals surface area (Å²) in [6.07, 6.45) is 3.81. The summed E-state index contributed by atoms with van der Waals surface area (Å²) in [5.41, 5.74) is 0.125. The van der Waals surface area contributed by atoms with E-state index >= 15 is 0 Å². The SMILES string of the molecule is C[C@H]1CN2C=NC(N3CCN(C(=O)Nc4ccc(Cl)cc4F)CC3)=CC2=N1. The highest BCUT2D eigenvalue weighted by Gasteiger charge is 2.27. The molecule has 7 nitrogen and oxygen atoms in total. The minimum Gasteiger partial charge on any atom is -0.353 e. The number of hydrogen-bond donors (Lipinski definition) is 1. The van der Waals surface area contributed by atoms with Crippen LogP contribution in [0.2, 0.25) is 5.02 Å². The molecule has 142 valence electrons. The number of benzene rings is 1. The number of aliphatic imine (C=N–C) groups is 2. The summed E-state index contributed by atoms with van der Waals surface area (Å²) < 4.78 is 13.9. The molecule has 9 heteroatoms. The summed E-state index contributed by atoms with van der Waals surface area (Å²) in [4.78, 5) is 27.3. The van der Waals surface area contributed by atoms with E-state index in [1.807, 2.05) is 17.3 Å². The molecular formula is C18H20ClFN6O. The van der Waals surface area contributed by atoms with E-state index in [-0.39, 0.29) is 17.8 Å². The molecule has 3 heterocycles. The lowest BCUT2D eigenvalue weighted by atomic mass is 10.3. The molecule has 0 aromatic heterocycles. The van der Waals surface area contributed by atoms with Crippen molar-refractivity contribution in [2.75, 3.05) is 38.0 Å². The molecule has 1 saturated heterocycles. The van der Waals surface area contributed by atoms with E-state index in [1.165, 1.54) is 12.1 Å². The van der Waals surface area contributed by atoms with Crippen LogP contribution in [-0.2, 0) is 0 Å². The van der Waals surface area contributed by atoms with Gasteiger partial charge in [-0.2, -0.15) is 0 Å². The monoisotopic (exact) mass is 390 g/mol. The molecule has 27 heavy (non-hydrogen) atoms. The first-order valence-corrected chi connectivity index (χ1v) is 9.23. The third-order valence-electron chi connectivity index (χ3n) is 4.76. The molecule has 0 bridgehead atoms. The minimum atomic E-state index is -0.549. The molecule has 2 amide bonds. The normalized spacial score (nSPS) is 21.7. The van der Waals surface area contributed by atoms with Crippen LogP contribution in [0.15, 0.2) is 40.1 Å². The second-order valence-corrected chi connectivity index (χ2v) is 7.20. The van der Waals surface area contributed by atoms with Crippen molar-refractivity contribution in [1.29, 1.82) is 0 Å². The van der Waals surface area contributed by atoms with Crippen LogP contribution in [0.1, 0.15) is 6.92 Å². The summed E-state index contributed by atoms with van der Waals surface area (Å²) in [5, 5.41) is 2.89. The van der Waals surface area contributed by atoms with Crippen LogP contribution in [0.25, 0.3) is 0 Å². The Morgan fingerprint density at radius 2 is 2.07 bits per heavy atom. The molecule has 4 rings (SSSR count). The predicted octanol–water partition coefficient (Wildman–Crippen LogP) is 2.61. The number of urea groups is 1. The Balaban J connectivity index is 1.35. The molecule has 0 unspecified atom stereocenters. The molecule has 1 atom stereocenters. The average molecular weight is 391 g/mol. The number of nitrogens with zero attached hydrogens (tertiary/aromatic N) is 5. The number of carbonyl (C=O) groups excluding carboxylic acids is 1. The lowest BCUT2D eigenvalue weighted by Gasteiger charge is -2.36. The zero-order chi connectivity index (χ0) is 19.0. The zero-order valence-electron chi connectivity index (χ0n) is 14.9. The van der Waals surface area contributed by atoms with Gasteiger partial charge in [0, 0.05) is 43.8 Å². The van der Waals surface area contributed by atoms with Crippen molar-refractivity contribution in [3.8, 4) is 0 Å². The van der Waals surface area contributed by atoms with Crippen LogP contribution >= 0.6 is 11.6 Å². The fourth-order valence-corrected chi connectivity index (χ4v) is 3.48. The summed E-state index contributed by atoms with van der Waals surface area (Å²) in [5.74, 6) is 1.25. The Hall–Kier alpha value is -2.61. The zero-order valence-corrected chi connectivity index (χ0v) is 15.7. The molecule has 3 aliphatic heterocycles. The van der Waals surface area contributed by atoms with Gasteiger partial charge in [0.15, 0.2) is 0 Å². The Bertz CT molecular complexity index is 846. The topological polar surface area (TPSA) is 63.5 Å². The number of hydrogen-bond acceptors (Lipinski definition) is 5. The minimum absolute atomic E-state index is 0.125. The van der Waals surface area contributed by atoms with Crippen molar-refractivity contribution in [3.05, 3.63) is 40.9 Å².